The molecule has 1 saturated carbocycles. The van der Waals surface area contributed by atoms with Crippen molar-refractivity contribution in [2.75, 3.05) is 5.32 Å². The number of aryl methyl sites for hydroxylation is 1. The second kappa shape index (κ2) is 9.46. The fraction of sp³-hybridized carbons (Fsp3) is 0.318. The van der Waals surface area contributed by atoms with Crippen molar-refractivity contribution in [1.29, 1.82) is 0 Å². The van der Waals surface area contributed by atoms with Crippen molar-refractivity contribution in [3.05, 3.63) is 65.2 Å². The van der Waals surface area contributed by atoms with Crippen molar-refractivity contribution in [2.24, 2.45) is 0 Å². The Bertz CT molecular complexity index is 841. The smallest absolute Gasteiger partial charge is 0.338 e. The average Bonchev–Trinajstić information content (AvgIpc) is 2.69. The highest BCUT2D eigenvalue weighted by Crippen LogP contribution is 2.21. The third kappa shape index (κ3) is 5.63. The van der Waals surface area contributed by atoms with E-state index in [4.69, 9.17) is 17.0 Å². The highest BCUT2D eigenvalue weighted by atomic mass is 32.1. The Morgan fingerprint density at radius 3 is 2.18 bits per heavy atom. The molecule has 1 amide bonds. The molecule has 0 aromatic heterocycles. The lowest BCUT2D eigenvalue weighted by Crippen LogP contribution is -2.34. The lowest BCUT2D eigenvalue weighted by atomic mass is 9.98. The van der Waals surface area contributed by atoms with Crippen molar-refractivity contribution < 1.29 is 14.3 Å². The van der Waals surface area contributed by atoms with Gasteiger partial charge in [0.1, 0.15) is 6.10 Å². The van der Waals surface area contributed by atoms with Gasteiger partial charge in [0.05, 0.1) is 5.56 Å². The number of amides is 1. The van der Waals surface area contributed by atoms with Crippen molar-refractivity contribution >= 4 is 34.9 Å². The van der Waals surface area contributed by atoms with Crippen LogP contribution in [0.1, 0.15) is 58.4 Å². The second-order valence-electron chi connectivity index (χ2n) is 7.02. The molecule has 5 nitrogen and oxygen atoms in total. The molecule has 0 radical (unpaired) electrons. The standard InChI is InChI=1S/C22H24N2O3S/c1-15-7-9-16(10-8-15)20(25)24-22(28)23-18-13-11-17(12-14-18)21(26)27-19-5-3-2-4-6-19/h7-14,19H,2-6H2,1H3,(H2,23,24,25,28). The molecule has 0 unspecified atom stereocenters. The molecule has 0 heterocycles. The number of carbonyl (C=O) groups is 2. The number of benzene rings is 2. The Morgan fingerprint density at radius 1 is 0.929 bits per heavy atom. The monoisotopic (exact) mass is 396 g/mol. The molecule has 1 fully saturated rings. The van der Waals surface area contributed by atoms with Crippen LogP contribution in [0.2, 0.25) is 0 Å². The second-order valence-corrected chi connectivity index (χ2v) is 7.43. The molecule has 0 aliphatic heterocycles. The molecule has 0 spiro atoms. The van der Waals surface area contributed by atoms with E-state index >= 15 is 0 Å². The summed E-state index contributed by atoms with van der Waals surface area (Å²) in [6, 6.07) is 14.1. The summed E-state index contributed by atoms with van der Waals surface area (Å²) in [5.74, 6) is -0.570. The van der Waals surface area contributed by atoms with Gasteiger partial charge in [-0.3, -0.25) is 10.1 Å². The zero-order chi connectivity index (χ0) is 19.9. The molecule has 2 aromatic carbocycles. The minimum atomic E-state index is -0.297. The van der Waals surface area contributed by atoms with Gasteiger partial charge in [0.2, 0.25) is 0 Å². The summed E-state index contributed by atoms with van der Waals surface area (Å²) in [7, 11) is 0. The van der Waals surface area contributed by atoms with Gasteiger partial charge in [0.25, 0.3) is 5.91 Å². The molecule has 0 bridgehead atoms. The Balaban J connectivity index is 1.51. The molecule has 1 aliphatic carbocycles. The topological polar surface area (TPSA) is 67.4 Å². The van der Waals surface area contributed by atoms with Crippen LogP contribution in [0.5, 0.6) is 0 Å². The van der Waals surface area contributed by atoms with Gasteiger partial charge in [-0.25, -0.2) is 4.79 Å². The van der Waals surface area contributed by atoms with E-state index in [-0.39, 0.29) is 23.1 Å². The zero-order valence-corrected chi connectivity index (χ0v) is 16.7. The van der Waals surface area contributed by atoms with Gasteiger partial charge < -0.3 is 10.1 Å². The lowest BCUT2D eigenvalue weighted by Gasteiger charge is -2.21. The van der Waals surface area contributed by atoms with Gasteiger partial charge >= 0.3 is 5.97 Å². The summed E-state index contributed by atoms with van der Waals surface area (Å²) in [6.45, 7) is 1.96. The first kappa shape index (κ1) is 20.0. The van der Waals surface area contributed by atoms with Gasteiger partial charge in [0.15, 0.2) is 5.11 Å². The molecule has 6 heteroatoms. The maximum absolute atomic E-state index is 12.2. The van der Waals surface area contributed by atoms with E-state index in [0.717, 1.165) is 31.2 Å². The van der Waals surface area contributed by atoms with Crippen LogP contribution in [-0.4, -0.2) is 23.1 Å². The Morgan fingerprint density at radius 2 is 1.54 bits per heavy atom. The third-order valence-corrected chi connectivity index (χ3v) is 4.95. The first-order valence-electron chi connectivity index (χ1n) is 9.51. The molecular formula is C22H24N2O3S. The van der Waals surface area contributed by atoms with Gasteiger partial charge in [-0.15, -0.1) is 0 Å². The Hall–Kier alpha value is -2.73. The van der Waals surface area contributed by atoms with Crippen molar-refractivity contribution in [3.8, 4) is 0 Å². The molecule has 2 aromatic rings. The first-order valence-corrected chi connectivity index (χ1v) is 9.92. The number of esters is 1. The molecule has 28 heavy (non-hydrogen) atoms. The number of anilines is 1. The van der Waals surface area contributed by atoms with Crippen LogP contribution in [0, 0.1) is 6.92 Å². The van der Waals surface area contributed by atoms with Crippen LogP contribution in [0.4, 0.5) is 5.69 Å². The van der Waals surface area contributed by atoms with E-state index < -0.39 is 0 Å². The van der Waals surface area contributed by atoms with Gasteiger partial charge in [0, 0.05) is 11.3 Å². The molecule has 0 saturated heterocycles. The zero-order valence-electron chi connectivity index (χ0n) is 15.9. The molecule has 0 atom stereocenters. The van der Waals surface area contributed by atoms with E-state index in [1.165, 1.54) is 6.42 Å². The first-order chi connectivity index (χ1) is 13.5. The summed E-state index contributed by atoms with van der Waals surface area (Å²) < 4.78 is 5.57. The van der Waals surface area contributed by atoms with Crippen LogP contribution in [0.25, 0.3) is 0 Å². The van der Waals surface area contributed by atoms with Crippen molar-refractivity contribution in [2.45, 2.75) is 45.1 Å². The van der Waals surface area contributed by atoms with Gasteiger partial charge in [-0.2, -0.15) is 0 Å². The van der Waals surface area contributed by atoms with E-state index in [1.54, 1.807) is 36.4 Å². The number of thiocarbonyl (C=S) groups is 1. The summed E-state index contributed by atoms with van der Waals surface area (Å²) in [5, 5.41) is 5.79. The summed E-state index contributed by atoms with van der Waals surface area (Å²) >= 11 is 5.20. The van der Waals surface area contributed by atoms with Crippen LogP contribution in [0.15, 0.2) is 48.5 Å². The average molecular weight is 397 g/mol. The van der Waals surface area contributed by atoms with Crippen LogP contribution in [-0.2, 0) is 4.74 Å². The quantitative estimate of drug-likeness (QED) is 0.583. The third-order valence-electron chi connectivity index (χ3n) is 4.75. The molecule has 2 N–H and O–H groups in total. The van der Waals surface area contributed by atoms with E-state index in [0.29, 0.717) is 16.8 Å². The van der Waals surface area contributed by atoms with Gasteiger partial charge in [-0.05, 0) is 81.2 Å². The highest BCUT2D eigenvalue weighted by Gasteiger charge is 2.18. The van der Waals surface area contributed by atoms with E-state index in [9.17, 15) is 9.59 Å². The van der Waals surface area contributed by atoms with Crippen molar-refractivity contribution in [3.63, 3.8) is 0 Å². The minimum Gasteiger partial charge on any atom is -0.459 e. The maximum atomic E-state index is 12.2. The van der Waals surface area contributed by atoms with Gasteiger partial charge in [-0.1, -0.05) is 24.1 Å². The number of rotatable bonds is 4. The Kier molecular flexibility index (Phi) is 6.76. The molecule has 3 rings (SSSR count). The predicted octanol–water partition coefficient (Wildman–Crippen LogP) is 4.61. The summed E-state index contributed by atoms with van der Waals surface area (Å²) in [5.41, 5.74) is 2.81. The largest absolute Gasteiger partial charge is 0.459 e. The molecular weight excluding hydrogens is 372 g/mol. The fourth-order valence-corrected chi connectivity index (χ4v) is 3.35. The van der Waals surface area contributed by atoms with Crippen LogP contribution in [0.3, 0.4) is 0 Å². The summed E-state index contributed by atoms with van der Waals surface area (Å²) in [4.78, 5) is 24.4. The fourth-order valence-electron chi connectivity index (χ4n) is 3.13. The SMILES string of the molecule is Cc1ccc(C(=O)NC(=S)Nc2ccc(C(=O)OC3CCCCC3)cc2)cc1. The number of hydrogen-bond donors (Lipinski definition) is 2. The number of ether oxygens (including phenoxy) is 1. The maximum Gasteiger partial charge on any atom is 0.338 e. The number of hydrogen-bond acceptors (Lipinski definition) is 4. The minimum absolute atomic E-state index is 0.0311. The number of carbonyl (C=O) groups excluding carboxylic acids is 2. The van der Waals surface area contributed by atoms with Crippen LogP contribution < -0.4 is 10.6 Å². The van der Waals surface area contributed by atoms with Crippen molar-refractivity contribution in [1.82, 2.24) is 5.32 Å². The summed E-state index contributed by atoms with van der Waals surface area (Å²) in [6.07, 6.45) is 5.37. The number of nitrogens with one attached hydrogen (secondary N) is 2. The van der Waals surface area contributed by atoms with E-state index in [2.05, 4.69) is 10.6 Å². The molecule has 146 valence electrons. The highest BCUT2D eigenvalue weighted by molar-refractivity contribution is 7.80. The Labute approximate surface area is 170 Å². The van der Waals surface area contributed by atoms with Crippen LogP contribution >= 0.6 is 12.2 Å². The lowest BCUT2D eigenvalue weighted by molar-refractivity contribution is 0.0211. The van der Waals surface area contributed by atoms with E-state index in [1.807, 2.05) is 19.1 Å². The predicted molar refractivity (Wildman–Crippen MR) is 114 cm³/mol. The molecule has 1 aliphatic rings. The normalized spacial score (nSPS) is 14.2.